The molecule has 226 valence electrons. The number of para-hydroxylation sites is 1. The first-order valence-electron chi connectivity index (χ1n) is 14.3. The maximum atomic E-state index is 11.4. The van der Waals surface area contributed by atoms with Crippen LogP contribution < -0.4 is 14.8 Å². The van der Waals surface area contributed by atoms with E-state index in [-0.39, 0.29) is 12.2 Å². The van der Waals surface area contributed by atoms with Crippen molar-refractivity contribution in [3.63, 3.8) is 0 Å². The lowest BCUT2D eigenvalue weighted by atomic mass is 10.1. The van der Waals surface area contributed by atoms with E-state index in [9.17, 15) is 10.1 Å². The molecule has 1 aliphatic heterocycles. The van der Waals surface area contributed by atoms with Crippen LogP contribution in [-0.2, 0) is 11.3 Å². The average molecular weight is 597 g/mol. The van der Waals surface area contributed by atoms with Crippen molar-refractivity contribution in [2.45, 2.75) is 13.0 Å². The Morgan fingerprint density at radius 1 is 1.05 bits per heavy atom. The van der Waals surface area contributed by atoms with E-state index in [2.05, 4.69) is 30.5 Å². The second-order valence-corrected chi connectivity index (χ2v) is 10.3. The number of nitro benzene ring substituents is 1. The Balaban J connectivity index is 1.18. The molecular weight excluding hydrogens is 564 g/mol. The Morgan fingerprint density at radius 2 is 1.91 bits per heavy atom. The van der Waals surface area contributed by atoms with Gasteiger partial charge in [0.1, 0.15) is 17.8 Å². The molecule has 0 atom stereocenters. The number of benzene rings is 3. The number of nitrogens with zero attached hydrogens (tertiary/aromatic N) is 7. The predicted octanol–water partition coefficient (Wildman–Crippen LogP) is 4.70. The highest BCUT2D eigenvalue weighted by Gasteiger charge is 2.16. The zero-order valence-corrected chi connectivity index (χ0v) is 24.3. The van der Waals surface area contributed by atoms with Gasteiger partial charge in [-0.3, -0.25) is 15.0 Å². The van der Waals surface area contributed by atoms with E-state index < -0.39 is 4.92 Å². The first-order valence-corrected chi connectivity index (χ1v) is 14.3. The van der Waals surface area contributed by atoms with Crippen molar-refractivity contribution in [2.24, 2.45) is 0 Å². The predicted molar refractivity (Wildman–Crippen MR) is 164 cm³/mol. The lowest BCUT2D eigenvalue weighted by molar-refractivity contribution is -0.385. The molecule has 1 N–H and O–H groups in total. The largest absolute Gasteiger partial charge is 0.493 e. The molecule has 3 aromatic carbocycles. The lowest BCUT2D eigenvalue weighted by Gasteiger charge is -2.26. The van der Waals surface area contributed by atoms with Crippen molar-refractivity contribution in [3.05, 3.63) is 88.9 Å². The highest BCUT2D eigenvalue weighted by atomic mass is 16.6. The minimum absolute atomic E-state index is 0.0481. The van der Waals surface area contributed by atoms with Crippen LogP contribution in [0.4, 0.5) is 17.2 Å². The molecule has 13 heteroatoms. The molecule has 3 heterocycles. The van der Waals surface area contributed by atoms with Crippen molar-refractivity contribution >= 4 is 28.1 Å². The maximum absolute atomic E-state index is 11.4. The maximum Gasteiger partial charge on any atom is 0.274 e. The van der Waals surface area contributed by atoms with Gasteiger partial charge in [0, 0.05) is 48.4 Å². The molecule has 0 aliphatic carbocycles. The number of morpholine rings is 1. The fraction of sp³-hybridized carbons (Fsp3) is 0.290. The summed E-state index contributed by atoms with van der Waals surface area (Å²) in [5.41, 5.74) is 3.57. The van der Waals surface area contributed by atoms with Crippen LogP contribution in [0.15, 0.2) is 73.2 Å². The van der Waals surface area contributed by atoms with Gasteiger partial charge in [-0.1, -0.05) is 35.5 Å². The van der Waals surface area contributed by atoms with Crippen LogP contribution in [0.5, 0.6) is 11.5 Å². The molecule has 1 aliphatic rings. The van der Waals surface area contributed by atoms with Crippen molar-refractivity contribution in [3.8, 4) is 22.8 Å². The van der Waals surface area contributed by atoms with Gasteiger partial charge < -0.3 is 19.5 Å². The molecule has 0 saturated carbocycles. The molecule has 44 heavy (non-hydrogen) atoms. The summed E-state index contributed by atoms with van der Waals surface area (Å²) in [6, 6.07) is 18.1. The van der Waals surface area contributed by atoms with Crippen molar-refractivity contribution in [1.82, 2.24) is 29.9 Å². The molecule has 0 bridgehead atoms. The van der Waals surface area contributed by atoms with E-state index in [1.165, 1.54) is 12.4 Å². The van der Waals surface area contributed by atoms with Gasteiger partial charge in [0.2, 0.25) is 0 Å². The molecule has 2 aromatic heterocycles. The van der Waals surface area contributed by atoms with E-state index in [0.717, 1.165) is 55.9 Å². The molecule has 6 rings (SSSR count). The van der Waals surface area contributed by atoms with Crippen LogP contribution in [0.2, 0.25) is 0 Å². The summed E-state index contributed by atoms with van der Waals surface area (Å²) in [6.45, 7) is 5.18. The number of nitrogens with one attached hydrogen (secondary N) is 1. The van der Waals surface area contributed by atoms with E-state index in [0.29, 0.717) is 40.7 Å². The average Bonchev–Trinajstić information content (AvgIpc) is 3.52. The third-order valence-corrected chi connectivity index (χ3v) is 7.38. The van der Waals surface area contributed by atoms with E-state index in [4.69, 9.17) is 14.2 Å². The van der Waals surface area contributed by atoms with Gasteiger partial charge in [-0.15, -0.1) is 5.10 Å². The second-order valence-electron chi connectivity index (χ2n) is 10.3. The van der Waals surface area contributed by atoms with Gasteiger partial charge >= 0.3 is 0 Å². The van der Waals surface area contributed by atoms with Crippen LogP contribution >= 0.6 is 0 Å². The van der Waals surface area contributed by atoms with Crippen LogP contribution in [0.25, 0.3) is 22.2 Å². The van der Waals surface area contributed by atoms with Gasteiger partial charge in [0.15, 0.2) is 11.5 Å². The summed E-state index contributed by atoms with van der Waals surface area (Å²) in [5, 5.41) is 24.1. The number of nitro groups is 1. The number of anilines is 2. The Morgan fingerprint density at radius 3 is 2.75 bits per heavy atom. The number of methoxy groups -OCH3 is 1. The monoisotopic (exact) mass is 596 g/mol. The number of fused-ring (bicyclic) bond motifs is 1. The molecule has 0 radical (unpaired) electrons. The van der Waals surface area contributed by atoms with Crippen LogP contribution in [0.1, 0.15) is 12.0 Å². The Hall–Kier alpha value is -5.14. The summed E-state index contributed by atoms with van der Waals surface area (Å²) in [7, 11) is 1.62. The van der Waals surface area contributed by atoms with Crippen molar-refractivity contribution in [2.75, 3.05) is 51.9 Å². The summed E-state index contributed by atoms with van der Waals surface area (Å²) < 4.78 is 18.8. The zero-order chi connectivity index (χ0) is 30.3. The lowest BCUT2D eigenvalue weighted by Crippen LogP contribution is -2.37. The van der Waals surface area contributed by atoms with Crippen LogP contribution in [0.3, 0.4) is 0 Å². The fourth-order valence-electron chi connectivity index (χ4n) is 5.13. The molecule has 13 nitrogen and oxygen atoms in total. The third kappa shape index (κ3) is 6.74. The molecular formula is C31H32N8O5. The SMILES string of the molecule is COc1cc2ncnc(Nc3cccc(-c4cn(Cc5ccccc5[N+](=O)[O-])nn4)c3)c2cc1OCCCN1CCOCC1. The van der Waals surface area contributed by atoms with Crippen molar-refractivity contribution < 1.29 is 19.1 Å². The number of hydrogen-bond acceptors (Lipinski definition) is 11. The van der Waals surface area contributed by atoms with Crippen LogP contribution in [0, 0.1) is 10.1 Å². The van der Waals surface area contributed by atoms with Crippen LogP contribution in [-0.4, -0.2) is 81.3 Å². The summed E-state index contributed by atoms with van der Waals surface area (Å²) in [6.07, 6.45) is 4.16. The normalized spacial score (nSPS) is 13.6. The number of aromatic nitrogens is 5. The Labute approximate surface area is 253 Å². The van der Waals surface area contributed by atoms with E-state index >= 15 is 0 Å². The molecule has 1 fully saturated rings. The smallest absolute Gasteiger partial charge is 0.274 e. The Kier molecular flexibility index (Phi) is 8.85. The minimum atomic E-state index is -0.392. The number of ether oxygens (including phenoxy) is 3. The highest BCUT2D eigenvalue weighted by Crippen LogP contribution is 2.35. The molecule has 0 unspecified atom stereocenters. The van der Waals surface area contributed by atoms with Gasteiger partial charge in [0.05, 0.1) is 55.7 Å². The van der Waals surface area contributed by atoms with Crippen molar-refractivity contribution in [1.29, 1.82) is 0 Å². The van der Waals surface area contributed by atoms with Gasteiger partial charge in [-0.25, -0.2) is 14.6 Å². The first-order chi connectivity index (χ1) is 21.6. The van der Waals surface area contributed by atoms with E-state index in [1.807, 2.05) is 36.4 Å². The quantitative estimate of drug-likeness (QED) is 0.122. The molecule has 1 saturated heterocycles. The summed E-state index contributed by atoms with van der Waals surface area (Å²) in [4.78, 5) is 22.3. The van der Waals surface area contributed by atoms with Gasteiger partial charge in [-0.2, -0.15) is 0 Å². The Bertz CT molecular complexity index is 1750. The fourth-order valence-corrected chi connectivity index (χ4v) is 5.13. The van der Waals surface area contributed by atoms with E-state index in [1.54, 1.807) is 36.2 Å². The zero-order valence-electron chi connectivity index (χ0n) is 24.3. The molecule has 0 spiro atoms. The second kappa shape index (κ2) is 13.4. The molecule has 5 aromatic rings. The van der Waals surface area contributed by atoms with Gasteiger partial charge in [0.25, 0.3) is 5.69 Å². The minimum Gasteiger partial charge on any atom is -0.493 e. The van der Waals surface area contributed by atoms with Gasteiger partial charge in [-0.05, 0) is 24.6 Å². The molecule has 0 amide bonds. The summed E-state index contributed by atoms with van der Waals surface area (Å²) in [5.74, 6) is 1.86. The topological polar surface area (TPSA) is 143 Å². The number of rotatable bonds is 12. The standard InChI is InChI=1S/C31H32N8O5/c1-42-29-18-26-25(17-30(29)44-13-5-10-37-11-14-43-15-12-37)31(33-21-32-26)34-24-8-4-7-22(16-24)27-20-38(36-35-27)19-23-6-2-3-9-28(23)39(40)41/h2-4,6-9,16-18,20-21H,5,10-15,19H2,1H3,(H,32,33,34). The third-order valence-electron chi connectivity index (χ3n) is 7.38. The first kappa shape index (κ1) is 29.0. The summed E-state index contributed by atoms with van der Waals surface area (Å²) >= 11 is 0. The highest BCUT2D eigenvalue weighted by molar-refractivity contribution is 5.93. The number of hydrogen-bond donors (Lipinski definition) is 1.